The summed E-state index contributed by atoms with van der Waals surface area (Å²) < 4.78 is 10.1. The molecule has 5 nitrogen and oxygen atoms in total. The number of rotatable bonds is 9. The molecule has 0 atom stereocenters. The van der Waals surface area contributed by atoms with Gasteiger partial charge in [0, 0.05) is 17.6 Å². The van der Waals surface area contributed by atoms with Gasteiger partial charge in [0.15, 0.2) is 0 Å². The van der Waals surface area contributed by atoms with Gasteiger partial charge in [-0.15, -0.1) is 0 Å². The Morgan fingerprint density at radius 3 is 2.57 bits per heavy atom. The van der Waals surface area contributed by atoms with Crippen molar-refractivity contribution in [3.05, 3.63) is 35.9 Å². The minimum atomic E-state index is -0.973. The zero-order valence-electron chi connectivity index (χ0n) is 11.8. The van der Waals surface area contributed by atoms with Gasteiger partial charge in [-0.3, -0.25) is 4.79 Å². The third kappa shape index (κ3) is 8.04. The lowest BCUT2D eigenvalue weighted by Crippen LogP contribution is -2.04. The van der Waals surface area contributed by atoms with Crippen LogP contribution in [0.15, 0.2) is 30.3 Å². The molecule has 0 spiro atoms. The van der Waals surface area contributed by atoms with Crippen LogP contribution in [-0.4, -0.2) is 42.3 Å². The molecule has 0 saturated heterocycles. The third-order valence-electron chi connectivity index (χ3n) is 2.47. The summed E-state index contributed by atoms with van der Waals surface area (Å²) in [5.74, 6) is 1.07. The largest absolute Gasteiger partial charge is 0.493 e. The molecule has 0 heterocycles. The van der Waals surface area contributed by atoms with E-state index in [1.165, 1.54) is 13.2 Å². The molecule has 0 aliphatic carbocycles. The van der Waals surface area contributed by atoms with Crippen LogP contribution in [0.4, 0.5) is 0 Å². The molecule has 1 rings (SSSR count). The number of benzene rings is 1. The maximum Gasteiger partial charge on any atom is 0.328 e. The van der Waals surface area contributed by atoms with E-state index < -0.39 is 5.97 Å². The van der Waals surface area contributed by atoms with E-state index in [4.69, 9.17) is 9.84 Å². The first-order chi connectivity index (χ1) is 10.1. The first kappa shape index (κ1) is 17.1. The second kappa shape index (κ2) is 9.88. The summed E-state index contributed by atoms with van der Waals surface area (Å²) in [7, 11) is 1.38. The molecule has 0 fully saturated rings. The van der Waals surface area contributed by atoms with E-state index in [1.54, 1.807) is 36.0 Å². The Labute approximate surface area is 127 Å². The third-order valence-corrected chi connectivity index (χ3v) is 3.42. The lowest BCUT2D eigenvalue weighted by molar-refractivity contribution is -0.140. The number of carboxylic acid groups (broad SMARTS) is 1. The van der Waals surface area contributed by atoms with Crippen molar-refractivity contribution in [3.8, 4) is 5.75 Å². The molecule has 0 aliphatic heterocycles. The molecule has 0 saturated carbocycles. The summed E-state index contributed by atoms with van der Waals surface area (Å²) in [4.78, 5) is 21.3. The molecule has 0 unspecified atom stereocenters. The van der Waals surface area contributed by atoms with Crippen LogP contribution in [0.1, 0.15) is 12.0 Å². The van der Waals surface area contributed by atoms with Gasteiger partial charge in [-0.1, -0.05) is 12.1 Å². The van der Waals surface area contributed by atoms with E-state index in [9.17, 15) is 9.59 Å². The van der Waals surface area contributed by atoms with E-state index in [-0.39, 0.29) is 5.97 Å². The van der Waals surface area contributed by atoms with Crippen LogP contribution < -0.4 is 4.74 Å². The van der Waals surface area contributed by atoms with Crippen LogP contribution >= 0.6 is 11.8 Å². The van der Waals surface area contributed by atoms with Gasteiger partial charge in [0.1, 0.15) is 5.75 Å². The molecule has 0 bridgehead atoms. The summed E-state index contributed by atoms with van der Waals surface area (Å²) >= 11 is 1.63. The van der Waals surface area contributed by atoms with Gasteiger partial charge < -0.3 is 14.6 Å². The fourth-order valence-corrected chi connectivity index (χ4v) is 2.14. The molecule has 0 amide bonds. The standard InChI is InChI=1S/C15H18O5S/c1-19-15(18)8-10-21-11-9-20-13-5-2-12(3-6-13)4-7-14(16)17/h2-7H,8-11H2,1H3,(H,16,17). The van der Waals surface area contributed by atoms with E-state index in [2.05, 4.69) is 4.74 Å². The molecule has 114 valence electrons. The number of ether oxygens (including phenoxy) is 2. The number of carboxylic acids is 1. The highest BCUT2D eigenvalue weighted by Crippen LogP contribution is 2.14. The first-order valence-corrected chi connectivity index (χ1v) is 7.55. The second-order valence-corrected chi connectivity index (χ2v) is 5.25. The Morgan fingerprint density at radius 2 is 1.95 bits per heavy atom. The Kier molecular flexibility index (Phi) is 8.04. The number of methoxy groups -OCH3 is 1. The Hall–Kier alpha value is -1.95. The second-order valence-electron chi connectivity index (χ2n) is 4.03. The lowest BCUT2D eigenvalue weighted by atomic mass is 10.2. The van der Waals surface area contributed by atoms with Crippen LogP contribution in [0, 0.1) is 0 Å². The summed E-state index contributed by atoms with van der Waals surface area (Å²) in [6.07, 6.45) is 3.02. The van der Waals surface area contributed by atoms with Crippen LogP contribution in [0.25, 0.3) is 6.08 Å². The average Bonchev–Trinajstić information content (AvgIpc) is 2.49. The number of hydrogen-bond donors (Lipinski definition) is 1. The molecular weight excluding hydrogens is 292 g/mol. The molecule has 0 aliphatic rings. The first-order valence-electron chi connectivity index (χ1n) is 6.40. The lowest BCUT2D eigenvalue weighted by Gasteiger charge is -2.06. The van der Waals surface area contributed by atoms with Crippen LogP contribution in [0.5, 0.6) is 5.75 Å². The van der Waals surface area contributed by atoms with Gasteiger partial charge in [-0.25, -0.2) is 4.79 Å². The van der Waals surface area contributed by atoms with Crippen molar-refractivity contribution in [2.24, 2.45) is 0 Å². The minimum absolute atomic E-state index is 0.201. The van der Waals surface area contributed by atoms with Crippen LogP contribution in [0.2, 0.25) is 0 Å². The highest BCUT2D eigenvalue weighted by atomic mass is 32.2. The maximum absolute atomic E-state index is 10.9. The van der Waals surface area contributed by atoms with Gasteiger partial charge in [0.25, 0.3) is 0 Å². The fourth-order valence-electron chi connectivity index (χ4n) is 1.42. The predicted octanol–water partition coefficient (Wildman–Crippen LogP) is 2.46. The molecule has 6 heteroatoms. The van der Waals surface area contributed by atoms with Crippen molar-refractivity contribution in [2.75, 3.05) is 25.2 Å². The number of thioether (sulfide) groups is 1. The van der Waals surface area contributed by atoms with Gasteiger partial charge in [-0.05, 0) is 23.8 Å². The predicted molar refractivity (Wildman–Crippen MR) is 82.6 cm³/mol. The van der Waals surface area contributed by atoms with Crippen molar-refractivity contribution in [1.29, 1.82) is 0 Å². The summed E-state index contributed by atoms with van der Waals surface area (Å²) in [5, 5.41) is 8.52. The zero-order chi connectivity index (χ0) is 15.5. The van der Waals surface area contributed by atoms with Crippen molar-refractivity contribution in [3.63, 3.8) is 0 Å². The molecule has 0 radical (unpaired) electrons. The molecular formula is C15H18O5S. The quantitative estimate of drug-likeness (QED) is 0.429. The SMILES string of the molecule is COC(=O)CCSCCOc1ccc(C=CC(=O)O)cc1. The van der Waals surface area contributed by atoms with Crippen molar-refractivity contribution in [2.45, 2.75) is 6.42 Å². The normalized spacial score (nSPS) is 10.5. The highest BCUT2D eigenvalue weighted by Gasteiger charge is 2.00. The highest BCUT2D eigenvalue weighted by molar-refractivity contribution is 7.99. The minimum Gasteiger partial charge on any atom is -0.493 e. The molecule has 1 aromatic rings. The van der Waals surface area contributed by atoms with Gasteiger partial charge in [0.2, 0.25) is 0 Å². The smallest absolute Gasteiger partial charge is 0.328 e. The Balaban J connectivity index is 2.21. The van der Waals surface area contributed by atoms with E-state index >= 15 is 0 Å². The number of esters is 1. The van der Waals surface area contributed by atoms with Gasteiger partial charge in [0.05, 0.1) is 20.1 Å². The number of carbonyl (C=O) groups excluding carboxylic acids is 1. The Bertz CT molecular complexity index is 481. The fraction of sp³-hybridized carbons (Fsp3) is 0.333. The van der Waals surface area contributed by atoms with Crippen LogP contribution in [-0.2, 0) is 14.3 Å². The van der Waals surface area contributed by atoms with E-state index in [1.807, 2.05) is 0 Å². The zero-order valence-corrected chi connectivity index (χ0v) is 12.6. The van der Waals surface area contributed by atoms with E-state index in [0.717, 1.165) is 28.9 Å². The number of carbonyl (C=O) groups is 2. The van der Waals surface area contributed by atoms with Gasteiger partial charge >= 0.3 is 11.9 Å². The number of hydrogen-bond acceptors (Lipinski definition) is 5. The van der Waals surface area contributed by atoms with Crippen molar-refractivity contribution < 1.29 is 24.2 Å². The molecule has 0 aromatic heterocycles. The van der Waals surface area contributed by atoms with Crippen LogP contribution in [0.3, 0.4) is 0 Å². The number of aliphatic carboxylic acids is 1. The summed E-state index contributed by atoms with van der Waals surface area (Å²) in [6.45, 7) is 0.552. The average molecular weight is 310 g/mol. The molecule has 1 N–H and O–H groups in total. The maximum atomic E-state index is 10.9. The van der Waals surface area contributed by atoms with E-state index in [0.29, 0.717) is 13.0 Å². The van der Waals surface area contributed by atoms with Crippen molar-refractivity contribution >= 4 is 29.8 Å². The van der Waals surface area contributed by atoms with Crippen molar-refractivity contribution in [1.82, 2.24) is 0 Å². The molecule has 21 heavy (non-hydrogen) atoms. The summed E-state index contributed by atoms with van der Waals surface area (Å²) in [5.41, 5.74) is 0.803. The Morgan fingerprint density at radius 1 is 1.24 bits per heavy atom. The summed E-state index contributed by atoms with van der Waals surface area (Å²) in [6, 6.07) is 7.17. The molecule has 1 aromatic carbocycles. The monoisotopic (exact) mass is 310 g/mol. The topological polar surface area (TPSA) is 72.8 Å². The van der Waals surface area contributed by atoms with Gasteiger partial charge in [-0.2, -0.15) is 11.8 Å².